The fourth-order valence-corrected chi connectivity index (χ4v) is 2.28. The van der Waals surface area contributed by atoms with Crippen LogP contribution in [0, 0.1) is 0 Å². The number of anilines is 1. The first kappa shape index (κ1) is 17.5. The number of halogens is 1. The van der Waals surface area contributed by atoms with Crippen LogP contribution in [0.2, 0.25) is 0 Å². The maximum Gasteiger partial charge on any atom is 0.310 e. The van der Waals surface area contributed by atoms with Gasteiger partial charge in [-0.15, -0.1) is 12.4 Å². The van der Waals surface area contributed by atoms with E-state index in [1.165, 1.54) is 0 Å². The standard InChI is InChI=1S/C15H20N2O3.ClH/c1-2-20-14(18)10-11-5-3-6-12(9-11)17-15(19)13-7-4-8-16-13;/h3,5-6,9,13,16H,2,4,7-8,10H2,1H3,(H,17,19);1H. The molecule has 6 heteroatoms. The first-order chi connectivity index (χ1) is 9.69. The summed E-state index contributed by atoms with van der Waals surface area (Å²) in [6, 6.07) is 7.20. The van der Waals surface area contributed by atoms with E-state index in [2.05, 4.69) is 10.6 Å². The Hall–Kier alpha value is -1.59. The maximum absolute atomic E-state index is 12.0. The van der Waals surface area contributed by atoms with Crippen molar-refractivity contribution in [3.05, 3.63) is 29.8 Å². The summed E-state index contributed by atoms with van der Waals surface area (Å²) in [6.45, 7) is 3.05. The Kier molecular flexibility index (Phi) is 7.19. The van der Waals surface area contributed by atoms with Gasteiger partial charge in [0.1, 0.15) is 0 Å². The Morgan fingerprint density at radius 1 is 1.43 bits per heavy atom. The quantitative estimate of drug-likeness (QED) is 0.815. The van der Waals surface area contributed by atoms with Crippen molar-refractivity contribution in [1.29, 1.82) is 0 Å². The minimum Gasteiger partial charge on any atom is -0.466 e. The Balaban J connectivity index is 0.00000220. The molecule has 116 valence electrons. The summed E-state index contributed by atoms with van der Waals surface area (Å²) in [4.78, 5) is 23.4. The highest BCUT2D eigenvalue weighted by molar-refractivity contribution is 5.95. The topological polar surface area (TPSA) is 67.4 Å². The van der Waals surface area contributed by atoms with E-state index >= 15 is 0 Å². The van der Waals surface area contributed by atoms with E-state index in [9.17, 15) is 9.59 Å². The van der Waals surface area contributed by atoms with Crippen molar-refractivity contribution in [3.63, 3.8) is 0 Å². The predicted octanol–water partition coefficient (Wildman–Crippen LogP) is 1.90. The smallest absolute Gasteiger partial charge is 0.310 e. The van der Waals surface area contributed by atoms with Gasteiger partial charge in [0.15, 0.2) is 0 Å². The summed E-state index contributed by atoms with van der Waals surface area (Å²) in [5.74, 6) is -0.274. The number of hydrogen-bond acceptors (Lipinski definition) is 4. The number of carbonyl (C=O) groups excluding carboxylic acids is 2. The molecule has 21 heavy (non-hydrogen) atoms. The van der Waals surface area contributed by atoms with Crippen molar-refractivity contribution in [2.45, 2.75) is 32.2 Å². The molecule has 1 aromatic rings. The number of hydrogen-bond donors (Lipinski definition) is 2. The molecule has 0 saturated carbocycles. The molecule has 0 radical (unpaired) electrons. The average molecular weight is 313 g/mol. The molecule has 1 unspecified atom stereocenters. The van der Waals surface area contributed by atoms with Crippen molar-refractivity contribution < 1.29 is 14.3 Å². The number of carbonyl (C=O) groups is 2. The molecule has 2 rings (SSSR count). The highest BCUT2D eigenvalue weighted by Crippen LogP contribution is 2.14. The molecule has 2 N–H and O–H groups in total. The lowest BCUT2D eigenvalue weighted by Crippen LogP contribution is -2.35. The molecule has 1 aromatic carbocycles. The molecule has 1 aliphatic heterocycles. The molecule has 0 aliphatic carbocycles. The SMILES string of the molecule is CCOC(=O)Cc1cccc(NC(=O)C2CCCN2)c1.Cl. The van der Waals surface area contributed by atoms with E-state index < -0.39 is 0 Å². The second-order valence-corrected chi connectivity index (χ2v) is 4.82. The summed E-state index contributed by atoms with van der Waals surface area (Å²) < 4.78 is 4.91. The van der Waals surface area contributed by atoms with Crippen LogP contribution in [0.4, 0.5) is 5.69 Å². The van der Waals surface area contributed by atoms with Crippen LogP contribution in [0.25, 0.3) is 0 Å². The lowest BCUT2D eigenvalue weighted by atomic mass is 10.1. The first-order valence-electron chi connectivity index (χ1n) is 6.98. The van der Waals surface area contributed by atoms with Gasteiger partial charge in [-0.25, -0.2) is 0 Å². The third-order valence-electron chi connectivity index (χ3n) is 3.23. The zero-order valence-electron chi connectivity index (χ0n) is 12.1. The number of nitrogens with one attached hydrogen (secondary N) is 2. The Morgan fingerprint density at radius 3 is 2.90 bits per heavy atom. The number of benzene rings is 1. The van der Waals surface area contributed by atoms with Crippen LogP contribution >= 0.6 is 12.4 Å². The average Bonchev–Trinajstić information content (AvgIpc) is 2.93. The van der Waals surface area contributed by atoms with Crippen LogP contribution in [0.3, 0.4) is 0 Å². The molecule has 0 aromatic heterocycles. The normalized spacial score (nSPS) is 16.9. The fraction of sp³-hybridized carbons (Fsp3) is 0.467. The molecule has 1 heterocycles. The highest BCUT2D eigenvalue weighted by atomic mass is 35.5. The van der Waals surface area contributed by atoms with Gasteiger partial charge in [0.25, 0.3) is 0 Å². The number of esters is 1. The van der Waals surface area contributed by atoms with E-state index in [0.29, 0.717) is 12.3 Å². The summed E-state index contributed by atoms with van der Waals surface area (Å²) in [5, 5.41) is 6.03. The molecule has 1 fully saturated rings. The summed E-state index contributed by atoms with van der Waals surface area (Å²) in [6.07, 6.45) is 2.12. The monoisotopic (exact) mass is 312 g/mol. The van der Waals surface area contributed by atoms with Gasteiger partial charge >= 0.3 is 5.97 Å². The van der Waals surface area contributed by atoms with Crippen molar-refractivity contribution in [3.8, 4) is 0 Å². The minimum atomic E-state index is -0.256. The van der Waals surface area contributed by atoms with Gasteiger partial charge in [0, 0.05) is 5.69 Å². The van der Waals surface area contributed by atoms with Crippen molar-refractivity contribution in [1.82, 2.24) is 5.32 Å². The third-order valence-corrected chi connectivity index (χ3v) is 3.23. The third kappa shape index (κ3) is 5.36. The molecular formula is C15H21ClN2O3. The zero-order chi connectivity index (χ0) is 14.4. The maximum atomic E-state index is 12.0. The molecule has 1 saturated heterocycles. The van der Waals surface area contributed by atoms with Crippen molar-refractivity contribution in [2.75, 3.05) is 18.5 Å². The fourth-order valence-electron chi connectivity index (χ4n) is 2.28. The lowest BCUT2D eigenvalue weighted by Gasteiger charge is -2.12. The van der Waals surface area contributed by atoms with Gasteiger partial charge in [-0.3, -0.25) is 9.59 Å². The Labute approximate surface area is 130 Å². The van der Waals surface area contributed by atoms with E-state index in [0.717, 1.165) is 24.9 Å². The molecule has 1 amide bonds. The molecule has 0 bridgehead atoms. The zero-order valence-corrected chi connectivity index (χ0v) is 12.9. The Bertz CT molecular complexity index is 488. The molecular weight excluding hydrogens is 292 g/mol. The van der Waals surface area contributed by atoms with Crippen LogP contribution in [-0.4, -0.2) is 31.1 Å². The van der Waals surface area contributed by atoms with E-state index in [4.69, 9.17) is 4.74 Å². The van der Waals surface area contributed by atoms with Gasteiger partial charge in [-0.05, 0) is 44.0 Å². The predicted molar refractivity (Wildman–Crippen MR) is 83.7 cm³/mol. The van der Waals surface area contributed by atoms with Gasteiger partial charge in [0.2, 0.25) is 5.91 Å². The highest BCUT2D eigenvalue weighted by Gasteiger charge is 2.21. The summed E-state index contributed by atoms with van der Waals surface area (Å²) in [5.41, 5.74) is 1.55. The van der Waals surface area contributed by atoms with E-state index in [-0.39, 0.29) is 36.7 Å². The van der Waals surface area contributed by atoms with Gasteiger partial charge < -0.3 is 15.4 Å². The molecule has 5 nitrogen and oxygen atoms in total. The van der Waals surface area contributed by atoms with Crippen molar-refractivity contribution in [2.24, 2.45) is 0 Å². The number of ether oxygens (including phenoxy) is 1. The second-order valence-electron chi connectivity index (χ2n) is 4.82. The van der Waals surface area contributed by atoms with Crippen LogP contribution < -0.4 is 10.6 Å². The van der Waals surface area contributed by atoms with Gasteiger partial charge in [-0.2, -0.15) is 0 Å². The van der Waals surface area contributed by atoms with Gasteiger partial charge in [-0.1, -0.05) is 12.1 Å². The van der Waals surface area contributed by atoms with Crippen molar-refractivity contribution >= 4 is 30.0 Å². The molecule has 0 spiro atoms. The van der Waals surface area contributed by atoms with E-state index in [1.54, 1.807) is 6.92 Å². The van der Waals surface area contributed by atoms with Crippen LogP contribution in [-0.2, 0) is 20.7 Å². The largest absolute Gasteiger partial charge is 0.466 e. The lowest BCUT2D eigenvalue weighted by molar-refractivity contribution is -0.142. The molecule has 1 atom stereocenters. The Morgan fingerprint density at radius 2 is 2.24 bits per heavy atom. The van der Waals surface area contributed by atoms with Crippen LogP contribution in [0.15, 0.2) is 24.3 Å². The van der Waals surface area contributed by atoms with Crippen LogP contribution in [0.5, 0.6) is 0 Å². The van der Waals surface area contributed by atoms with Gasteiger partial charge in [0.05, 0.1) is 19.1 Å². The number of rotatable bonds is 5. The number of amides is 1. The van der Waals surface area contributed by atoms with E-state index in [1.807, 2.05) is 24.3 Å². The second kappa shape index (κ2) is 8.64. The first-order valence-corrected chi connectivity index (χ1v) is 6.98. The van der Waals surface area contributed by atoms with Crippen LogP contribution in [0.1, 0.15) is 25.3 Å². The summed E-state index contributed by atoms with van der Waals surface area (Å²) in [7, 11) is 0. The molecule has 1 aliphatic rings. The minimum absolute atomic E-state index is 0. The summed E-state index contributed by atoms with van der Waals surface area (Å²) >= 11 is 0.